The third-order valence-corrected chi connectivity index (χ3v) is 8.29. The van der Waals surface area contributed by atoms with Gasteiger partial charge < -0.3 is 50.3 Å². The van der Waals surface area contributed by atoms with Crippen LogP contribution in [-0.4, -0.2) is 87.5 Å². The number of carbonyl (C=O) groups excluding carboxylic acids is 2. The molecule has 54 heavy (non-hydrogen) atoms. The number of amides is 1. The third kappa shape index (κ3) is 26.3. The highest BCUT2D eigenvalue weighted by atomic mass is 16.6. The van der Waals surface area contributed by atoms with Gasteiger partial charge in [0.1, 0.15) is 17.6 Å². The lowest BCUT2D eigenvalue weighted by Gasteiger charge is -2.52. The van der Waals surface area contributed by atoms with Crippen molar-refractivity contribution in [3.63, 3.8) is 0 Å². The number of allylic oxidation sites excluding steroid dienone is 4. The van der Waals surface area contributed by atoms with E-state index in [9.17, 15) is 24.6 Å². The molecule has 2 aliphatic heterocycles. The second kappa shape index (κ2) is 30.8. The van der Waals surface area contributed by atoms with E-state index in [1.807, 2.05) is 13.2 Å². The van der Waals surface area contributed by atoms with Crippen LogP contribution in [0.2, 0.25) is 0 Å². The Bertz CT molecular complexity index is 1140. The number of fused-ring (bicyclic) bond motifs is 2. The molecule has 7 N–H and O–H groups in total. The van der Waals surface area contributed by atoms with Gasteiger partial charge in [0.2, 0.25) is 0 Å². The number of aliphatic hydroxyl groups is 3. The molecule has 1 saturated heterocycles. The fourth-order valence-corrected chi connectivity index (χ4v) is 5.60. The Balaban J connectivity index is -0.000000334. The monoisotopic (exact) mass is 774 g/mol. The van der Waals surface area contributed by atoms with Crippen molar-refractivity contribution >= 4 is 24.3 Å². The fourth-order valence-electron chi connectivity index (χ4n) is 5.60. The molecule has 0 saturated carbocycles. The number of carboxylic acid groups (broad SMARTS) is 2. The van der Waals surface area contributed by atoms with Crippen molar-refractivity contribution in [3.8, 4) is 0 Å². The van der Waals surface area contributed by atoms with Gasteiger partial charge in [-0.3, -0.25) is 9.59 Å². The Morgan fingerprint density at radius 1 is 1.13 bits per heavy atom. The van der Waals surface area contributed by atoms with E-state index in [0.29, 0.717) is 37.7 Å². The van der Waals surface area contributed by atoms with Crippen molar-refractivity contribution in [3.05, 3.63) is 48.5 Å². The van der Waals surface area contributed by atoms with Gasteiger partial charge in [-0.15, -0.1) is 13.2 Å². The second-order valence-corrected chi connectivity index (χ2v) is 14.9. The van der Waals surface area contributed by atoms with Crippen molar-refractivity contribution in [1.29, 1.82) is 0 Å². The summed E-state index contributed by atoms with van der Waals surface area (Å²) in [5, 5.41) is 43.4. The molecule has 13 nitrogen and oxygen atoms in total. The van der Waals surface area contributed by atoms with Gasteiger partial charge in [-0.25, -0.2) is 4.79 Å². The van der Waals surface area contributed by atoms with Gasteiger partial charge in [-0.2, -0.15) is 0 Å². The van der Waals surface area contributed by atoms with E-state index in [2.05, 4.69) is 59.4 Å². The number of aldehydes is 1. The number of primary amides is 1. The zero-order chi connectivity index (χ0) is 43.3. The van der Waals surface area contributed by atoms with Gasteiger partial charge in [0.05, 0.1) is 30.0 Å². The lowest BCUT2D eigenvalue weighted by Crippen LogP contribution is -2.54. The molecule has 0 aromatic rings. The van der Waals surface area contributed by atoms with Crippen LogP contribution in [0, 0.1) is 23.2 Å². The molecule has 0 aromatic heterocycles. The van der Waals surface area contributed by atoms with E-state index in [0.717, 1.165) is 58.2 Å². The van der Waals surface area contributed by atoms with Crippen LogP contribution in [0.3, 0.4) is 0 Å². The molecule has 3 aliphatic rings. The number of hydrogen-bond acceptors (Lipinski definition) is 10. The first-order valence-corrected chi connectivity index (χ1v) is 18.3. The molecule has 4 unspecified atom stereocenters. The summed E-state index contributed by atoms with van der Waals surface area (Å²) in [7, 11) is 1.00. The summed E-state index contributed by atoms with van der Waals surface area (Å²) in [5.74, 6) is 0.640. The van der Waals surface area contributed by atoms with Crippen LogP contribution in [-0.2, 0) is 28.6 Å². The molecule has 316 valence electrons. The van der Waals surface area contributed by atoms with E-state index in [4.69, 9.17) is 35.3 Å². The molecular formula is C41H75NO12. The molecule has 4 atom stereocenters. The van der Waals surface area contributed by atoms with Gasteiger partial charge >= 0.3 is 12.1 Å². The maximum atomic E-state index is 11.5. The normalized spacial score (nSPS) is 22.6. The van der Waals surface area contributed by atoms with Crippen molar-refractivity contribution in [1.82, 2.24) is 0 Å². The van der Waals surface area contributed by atoms with Crippen LogP contribution in [0.5, 0.6) is 0 Å². The quantitative estimate of drug-likeness (QED) is 0.0986. The largest absolute Gasteiger partial charge is 0.481 e. The van der Waals surface area contributed by atoms with Gasteiger partial charge in [0.15, 0.2) is 0 Å². The van der Waals surface area contributed by atoms with Crippen molar-refractivity contribution in [2.75, 3.05) is 20.3 Å². The first kappa shape index (κ1) is 57.2. The van der Waals surface area contributed by atoms with Gasteiger partial charge in [-0.1, -0.05) is 32.4 Å². The number of ether oxygens (including phenoxy) is 3. The maximum Gasteiger partial charge on any atom is 0.405 e. The number of rotatable bonds is 9. The average Bonchev–Trinajstić information content (AvgIpc) is 3.01. The average molecular weight is 774 g/mol. The van der Waals surface area contributed by atoms with Crippen LogP contribution in [0.4, 0.5) is 4.79 Å². The highest BCUT2D eigenvalue weighted by Crippen LogP contribution is 2.54. The number of hydrogen-bond donors (Lipinski definition) is 6. The van der Waals surface area contributed by atoms with Crippen LogP contribution in [0.25, 0.3) is 0 Å². The summed E-state index contributed by atoms with van der Waals surface area (Å²) >= 11 is 0. The van der Waals surface area contributed by atoms with E-state index in [-0.39, 0.29) is 24.0 Å². The third-order valence-electron chi connectivity index (χ3n) is 8.29. The van der Waals surface area contributed by atoms with E-state index >= 15 is 0 Å². The van der Waals surface area contributed by atoms with Gasteiger partial charge in [-0.05, 0) is 110 Å². The summed E-state index contributed by atoms with van der Waals surface area (Å²) in [6.07, 6.45) is 11.1. The highest BCUT2D eigenvalue weighted by molar-refractivity contribution is 5.66. The van der Waals surface area contributed by atoms with Crippen molar-refractivity contribution in [2.24, 2.45) is 28.9 Å². The summed E-state index contributed by atoms with van der Waals surface area (Å²) in [4.78, 5) is 38.3. The summed E-state index contributed by atoms with van der Waals surface area (Å²) in [6.45, 7) is 28.4. The van der Waals surface area contributed by atoms with Crippen molar-refractivity contribution in [2.45, 2.75) is 145 Å². The number of aliphatic hydroxyl groups excluding tert-OH is 2. The summed E-state index contributed by atoms with van der Waals surface area (Å²) in [5.41, 5.74) is 5.53. The molecular weight excluding hydrogens is 698 g/mol. The van der Waals surface area contributed by atoms with Crippen LogP contribution in [0.1, 0.15) is 128 Å². The number of carbonyl (C=O) groups is 4. The topological polar surface area (TPSA) is 223 Å². The zero-order valence-electron chi connectivity index (χ0n) is 35.3. The molecule has 1 aliphatic carbocycles. The van der Waals surface area contributed by atoms with E-state index in [1.165, 1.54) is 11.1 Å². The minimum absolute atomic E-state index is 0.0971. The standard InChI is InChI=1S/C19H30O4.C7H14O2.C5H11NO2.C4H6O.C3H6.C2H4O2.CH4O/c1-12-5-7-19(21)9-14(15-11-22-16(15)6-8-20)13(2)10-23-17(12)18(19,3)4;1-6(2)4-3-5-7(8)9;1-5(2,3)8-4(6)7;1-2-3-4-5;1-3-2;1-2(3)4;1-2/h10,14-16,20-21H,5-9,11H2,1-4H3;6H,3-5H2,1-2H3,(H,8,9);1-3H3,(H2,6,7);2,4H,1,3H2;3H,1H2,2H3;1H3,(H,3,4);2H,1H3/b13-10-;;;;;;. The number of nitrogens with two attached hydrogens (primary N) is 1. The number of carboxylic acids is 2. The van der Waals surface area contributed by atoms with E-state index < -0.39 is 29.2 Å². The Kier molecular flexibility index (Phi) is 32.6. The Hall–Kier alpha value is -3.52. The Morgan fingerprint density at radius 2 is 1.65 bits per heavy atom. The smallest absolute Gasteiger partial charge is 0.405 e. The lowest BCUT2D eigenvalue weighted by atomic mass is 9.60. The predicted molar refractivity (Wildman–Crippen MR) is 213 cm³/mol. The predicted octanol–water partition coefficient (Wildman–Crippen LogP) is 7.58. The molecule has 0 aromatic carbocycles. The van der Waals surface area contributed by atoms with Gasteiger partial charge in [0, 0.05) is 39.4 Å². The van der Waals surface area contributed by atoms with Crippen LogP contribution in [0.15, 0.2) is 48.5 Å². The van der Waals surface area contributed by atoms with Crippen LogP contribution >= 0.6 is 0 Å². The maximum absolute atomic E-state index is 11.5. The lowest BCUT2D eigenvalue weighted by molar-refractivity contribution is -0.162. The Morgan fingerprint density at radius 3 is 1.96 bits per heavy atom. The van der Waals surface area contributed by atoms with Crippen molar-refractivity contribution < 1.29 is 58.9 Å². The first-order chi connectivity index (χ1) is 24.9. The van der Waals surface area contributed by atoms with Crippen LogP contribution < -0.4 is 5.73 Å². The Labute approximate surface area is 325 Å². The fraction of sp³-hybridized carbons (Fsp3) is 0.707. The second-order valence-electron chi connectivity index (χ2n) is 14.9. The summed E-state index contributed by atoms with van der Waals surface area (Å²) < 4.78 is 16.3. The minimum Gasteiger partial charge on any atom is -0.481 e. The number of aliphatic carboxylic acids is 2. The molecule has 13 heteroatoms. The molecule has 3 rings (SSSR count). The molecule has 2 heterocycles. The summed E-state index contributed by atoms with van der Waals surface area (Å²) in [6, 6.07) is 0. The minimum atomic E-state index is -0.833. The first-order valence-electron chi connectivity index (χ1n) is 18.3. The molecule has 1 amide bonds. The zero-order valence-corrected chi connectivity index (χ0v) is 35.3. The highest BCUT2D eigenvalue weighted by Gasteiger charge is 2.54. The molecule has 0 spiro atoms. The molecule has 1 fully saturated rings. The van der Waals surface area contributed by atoms with Gasteiger partial charge in [0.25, 0.3) is 5.97 Å². The molecule has 2 bridgehead atoms. The SMILES string of the molecule is C=CC.C=CCC=O.CC(=O)O.CC(C)(C)OC(N)=O.CC(C)CCCC(=O)O.CC1=C2O/C=C(/C)C(C3COC3CCO)CC(O)(CC1)C2(C)C.CO. The van der Waals surface area contributed by atoms with E-state index in [1.54, 1.807) is 32.9 Å². The molecule has 0 radical (unpaired) electrons.